The van der Waals surface area contributed by atoms with Crippen LogP contribution in [0.1, 0.15) is 51.9 Å². The van der Waals surface area contributed by atoms with Gasteiger partial charge in [-0.05, 0) is 45.4 Å². The van der Waals surface area contributed by atoms with Crippen LogP contribution in [0.2, 0.25) is 0 Å². The SMILES string of the molecule is CC1(NC(=O)CC2(N)CCC2)CCC1. The third-order valence-corrected chi connectivity index (χ3v) is 3.76. The van der Waals surface area contributed by atoms with E-state index in [4.69, 9.17) is 5.73 Å². The van der Waals surface area contributed by atoms with Crippen molar-refractivity contribution in [1.29, 1.82) is 0 Å². The Morgan fingerprint density at radius 2 is 1.86 bits per heavy atom. The highest BCUT2D eigenvalue weighted by Crippen LogP contribution is 2.34. The van der Waals surface area contributed by atoms with Gasteiger partial charge in [-0.1, -0.05) is 0 Å². The zero-order valence-corrected chi connectivity index (χ0v) is 8.94. The van der Waals surface area contributed by atoms with Crippen LogP contribution >= 0.6 is 0 Å². The first kappa shape index (κ1) is 9.97. The van der Waals surface area contributed by atoms with Crippen LogP contribution in [0.3, 0.4) is 0 Å². The van der Waals surface area contributed by atoms with Crippen LogP contribution in [0.15, 0.2) is 0 Å². The molecule has 2 fully saturated rings. The lowest BCUT2D eigenvalue weighted by molar-refractivity contribution is -0.125. The topological polar surface area (TPSA) is 55.1 Å². The molecule has 2 aliphatic rings. The fourth-order valence-electron chi connectivity index (χ4n) is 2.34. The average Bonchev–Trinajstić information content (AvgIpc) is 1.98. The number of nitrogens with two attached hydrogens (primary N) is 1. The molecule has 2 aliphatic carbocycles. The van der Waals surface area contributed by atoms with E-state index in [9.17, 15) is 4.79 Å². The van der Waals surface area contributed by atoms with Crippen LogP contribution in [0.5, 0.6) is 0 Å². The lowest BCUT2D eigenvalue weighted by Gasteiger charge is -2.42. The summed E-state index contributed by atoms with van der Waals surface area (Å²) >= 11 is 0. The first-order chi connectivity index (χ1) is 6.52. The van der Waals surface area contributed by atoms with Crippen LogP contribution in [0.25, 0.3) is 0 Å². The second-order valence-electron chi connectivity index (χ2n) is 5.36. The largest absolute Gasteiger partial charge is 0.351 e. The van der Waals surface area contributed by atoms with Gasteiger partial charge in [-0.2, -0.15) is 0 Å². The quantitative estimate of drug-likeness (QED) is 0.715. The van der Waals surface area contributed by atoms with Gasteiger partial charge in [-0.15, -0.1) is 0 Å². The predicted octanol–water partition coefficient (Wildman–Crippen LogP) is 1.32. The van der Waals surface area contributed by atoms with Gasteiger partial charge in [-0.25, -0.2) is 0 Å². The summed E-state index contributed by atoms with van der Waals surface area (Å²) in [5, 5.41) is 3.10. The standard InChI is InChI=1S/C11H20N2O/c1-10(4-2-5-10)13-9(14)8-11(12)6-3-7-11/h2-8,12H2,1H3,(H,13,14). The van der Waals surface area contributed by atoms with Gasteiger partial charge in [0, 0.05) is 17.5 Å². The Bertz CT molecular complexity index is 218. The van der Waals surface area contributed by atoms with E-state index >= 15 is 0 Å². The normalized spacial score (nSPS) is 27.3. The van der Waals surface area contributed by atoms with Crippen LogP contribution < -0.4 is 11.1 Å². The molecule has 3 N–H and O–H groups in total. The van der Waals surface area contributed by atoms with Gasteiger partial charge in [0.15, 0.2) is 0 Å². The van der Waals surface area contributed by atoms with E-state index in [0.717, 1.165) is 25.7 Å². The van der Waals surface area contributed by atoms with Crippen LogP contribution in [-0.4, -0.2) is 17.0 Å². The molecule has 0 aromatic heterocycles. The van der Waals surface area contributed by atoms with E-state index in [1.165, 1.54) is 12.8 Å². The summed E-state index contributed by atoms with van der Waals surface area (Å²) in [6, 6.07) is 0. The second kappa shape index (κ2) is 3.23. The second-order valence-corrected chi connectivity index (χ2v) is 5.36. The van der Waals surface area contributed by atoms with E-state index in [1.54, 1.807) is 0 Å². The summed E-state index contributed by atoms with van der Waals surface area (Å²) in [6.45, 7) is 2.12. The van der Waals surface area contributed by atoms with Crippen LogP contribution in [0, 0.1) is 0 Å². The number of nitrogens with one attached hydrogen (secondary N) is 1. The van der Waals surface area contributed by atoms with Gasteiger partial charge in [0.1, 0.15) is 0 Å². The molecule has 0 spiro atoms. The highest BCUT2D eigenvalue weighted by atomic mass is 16.1. The van der Waals surface area contributed by atoms with Crippen molar-refractivity contribution in [2.75, 3.05) is 0 Å². The fourth-order valence-corrected chi connectivity index (χ4v) is 2.34. The fraction of sp³-hybridized carbons (Fsp3) is 0.909. The molecule has 1 amide bonds. The van der Waals surface area contributed by atoms with E-state index in [-0.39, 0.29) is 17.0 Å². The maximum atomic E-state index is 11.7. The molecule has 14 heavy (non-hydrogen) atoms. The van der Waals surface area contributed by atoms with Crippen molar-refractivity contribution in [3.05, 3.63) is 0 Å². The first-order valence-electron chi connectivity index (χ1n) is 5.61. The van der Waals surface area contributed by atoms with Crippen molar-refractivity contribution in [2.24, 2.45) is 5.73 Å². The van der Waals surface area contributed by atoms with Crippen molar-refractivity contribution in [3.63, 3.8) is 0 Å². The monoisotopic (exact) mass is 196 g/mol. The number of amides is 1. The summed E-state index contributed by atoms with van der Waals surface area (Å²) in [5.41, 5.74) is 5.93. The van der Waals surface area contributed by atoms with Crippen LogP contribution in [0.4, 0.5) is 0 Å². The summed E-state index contributed by atoms with van der Waals surface area (Å²) in [6.07, 6.45) is 7.20. The number of rotatable bonds is 3. The van der Waals surface area contributed by atoms with E-state index in [0.29, 0.717) is 6.42 Å². The Morgan fingerprint density at radius 3 is 2.21 bits per heavy atom. The molecule has 0 aromatic rings. The number of carbonyl (C=O) groups is 1. The van der Waals surface area contributed by atoms with E-state index in [2.05, 4.69) is 12.2 Å². The minimum absolute atomic E-state index is 0.0805. The molecular weight excluding hydrogens is 176 g/mol. The Morgan fingerprint density at radius 1 is 1.29 bits per heavy atom. The van der Waals surface area contributed by atoms with Gasteiger partial charge < -0.3 is 11.1 Å². The molecule has 3 heteroatoms. The molecule has 3 nitrogen and oxygen atoms in total. The van der Waals surface area contributed by atoms with Gasteiger partial charge in [-0.3, -0.25) is 4.79 Å². The molecule has 2 saturated carbocycles. The highest BCUT2D eigenvalue weighted by molar-refractivity contribution is 5.78. The predicted molar refractivity (Wildman–Crippen MR) is 55.8 cm³/mol. The third-order valence-electron chi connectivity index (χ3n) is 3.76. The molecule has 80 valence electrons. The minimum atomic E-state index is -0.176. The smallest absolute Gasteiger partial charge is 0.222 e. The number of hydrogen-bond donors (Lipinski definition) is 2. The van der Waals surface area contributed by atoms with Crippen LogP contribution in [-0.2, 0) is 4.79 Å². The number of hydrogen-bond acceptors (Lipinski definition) is 2. The van der Waals surface area contributed by atoms with Crippen molar-refractivity contribution < 1.29 is 4.79 Å². The maximum Gasteiger partial charge on any atom is 0.222 e. The molecule has 0 saturated heterocycles. The molecule has 0 unspecified atom stereocenters. The Labute approximate surface area is 85.4 Å². The molecule has 0 aliphatic heterocycles. The van der Waals surface area contributed by atoms with Crippen molar-refractivity contribution >= 4 is 5.91 Å². The molecule has 0 atom stereocenters. The van der Waals surface area contributed by atoms with Gasteiger partial charge >= 0.3 is 0 Å². The lowest BCUT2D eigenvalue weighted by Crippen LogP contribution is -2.55. The molecule has 0 bridgehead atoms. The van der Waals surface area contributed by atoms with Gasteiger partial charge in [0.25, 0.3) is 0 Å². The molecule has 0 heterocycles. The maximum absolute atomic E-state index is 11.7. The molecule has 0 aromatic carbocycles. The highest BCUT2D eigenvalue weighted by Gasteiger charge is 2.38. The molecular formula is C11H20N2O. The summed E-state index contributed by atoms with van der Waals surface area (Å²) in [4.78, 5) is 11.7. The average molecular weight is 196 g/mol. The van der Waals surface area contributed by atoms with Gasteiger partial charge in [0.2, 0.25) is 5.91 Å². The van der Waals surface area contributed by atoms with Crippen molar-refractivity contribution in [2.45, 2.75) is 62.9 Å². The van der Waals surface area contributed by atoms with E-state index < -0.39 is 0 Å². The summed E-state index contributed by atoms with van der Waals surface area (Å²) < 4.78 is 0. The number of carbonyl (C=O) groups excluding carboxylic acids is 1. The minimum Gasteiger partial charge on any atom is -0.351 e. The lowest BCUT2D eigenvalue weighted by atomic mass is 9.74. The third kappa shape index (κ3) is 1.92. The zero-order chi connectivity index (χ0) is 10.2. The van der Waals surface area contributed by atoms with Gasteiger partial charge in [0.05, 0.1) is 0 Å². The molecule has 0 radical (unpaired) electrons. The Balaban J connectivity index is 1.78. The Hall–Kier alpha value is -0.570. The first-order valence-corrected chi connectivity index (χ1v) is 5.61. The zero-order valence-electron chi connectivity index (χ0n) is 8.94. The van der Waals surface area contributed by atoms with Crippen molar-refractivity contribution in [3.8, 4) is 0 Å². The van der Waals surface area contributed by atoms with E-state index in [1.807, 2.05) is 0 Å². The Kier molecular flexibility index (Phi) is 2.30. The molecule has 2 rings (SSSR count). The summed E-state index contributed by atoms with van der Waals surface area (Å²) in [7, 11) is 0. The summed E-state index contributed by atoms with van der Waals surface area (Å²) in [5.74, 6) is 0.148. The van der Waals surface area contributed by atoms with Crippen molar-refractivity contribution in [1.82, 2.24) is 5.32 Å².